The molecule has 0 rings (SSSR count). The molecule has 0 radical (unpaired) electrons. The number of unbranched alkanes of at least 4 members (excludes halogenated alkanes) is 17. The van der Waals surface area contributed by atoms with Crippen LogP contribution in [0.25, 0.3) is 0 Å². The number of ether oxygens (including phenoxy) is 1. The highest BCUT2D eigenvalue weighted by Crippen LogP contribution is 2.13. The lowest BCUT2D eigenvalue weighted by Gasteiger charge is -2.08. The van der Waals surface area contributed by atoms with Crippen molar-refractivity contribution in [3.05, 3.63) is 12.2 Å². The van der Waals surface area contributed by atoms with Gasteiger partial charge in [-0.05, 0) is 32.1 Å². The summed E-state index contributed by atoms with van der Waals surface area (Å²) in [5.74, 6) is -0.277. The van der Waals surface area contributed by atoms with Crippen molar-refractivity contribution in [1.82, 2.24) is 0 Å². The average molecular weight is 441 g/mol. The quantitative estimate of drug-likeness (QED) is 0.0941. The Bertz CT molecular complexity index is 395. The van der Waals surface area contributed by atoms with Crippen LogP contribution in [0.1, 0.15) is 135 Å². The zero-order valence-corrected chi connectivity index (χ0v) is 20.5. The minimum atomic E-state index is -0.958. The normalized spacial score (nSPS) is 12.5. The highest BCUT2D eigenvalue weighted by Gasteiger charge is 2.07. The number of rotatable bonds is 24. The van der Waals surface area contributed by atoms with Crippen LogP contribution in [-0.4, -0.2) is 35.5 Å². The van der Waals surface area contributed by atoms with Gasteiger partial charge in [-0.15, -0.1) is 0 Å². The third-order valence-electron chi connectivity index (χ3n) is 5.79. The van der Waals surface area contributed by atoms with E-state index in [1.807, 2.05) is 0 Å². The van der Waals surface area contributed by atoms with Crippen molar-refractivity contribution in [2.75, 3.05) is 13.2 Å². The number of aliphatic hydroxyl groups is 2. The van der Waals surface area contributed by atoms with Gasteiger partial charge in [-0.1, -0.05) is 109 Å². The summed E-state index contributed by atoms with van der Waals surface area (Å²) in [5.41, 5.74) is 0. The fourth-order valence-electron chi connectivity index (χ4n) is 3.71. The molecule has 0 heterocycles. The van der Waals surface area contributed by atoms with Gasteiger partial charge in [-0.25, -0.2) is 0 Å². The van der Waals surface area contributed by atoms with Gasteiger partial charge in [0.25, 0.3) is 0 Å². The predicted molar refractivity (Wildman–Crippen MR) is 131 cm³/mol. The van der Waals surface area contributed by atoms with Crippen LogP contribution in [-0.2, 0) is 9.53 Å². The molecule has 0 saturated carbocycles. The molecule has 0 aliphatic rings. The number of hydrogen-bond donors (Lipinski definition) is 2. The SMILES string of the molecule is CCCCCCCCC=CCCCCCCCCCCCCCC(=O)OCC(O)CO. The van der Waals surface area contributed by atoms with E-state index in [2.05, 4.69) is 19.1 Å². The maximum Gasteiger partial charge on any atom is 0.305 e. The van der Waals surface area contributed by atoms with Crippen molar-refractivity contribution < 1.29 is 19.7 Å². The molecule has 1 atom stereocenters. The van der Waals surface area contributed by atoms with Crippen LogP contribution in [0.4, 0.5) is 0 Å². The Morgan fingerprint density at radius 2 is 1.13 bits per heavy atom. The predicted octanol–water partition coefficient (Wildman–Crippen LogP) is 7.26. The number of hydrogen-bond acceptors (Lipinski definition) is 4. The average Bonchev–Trinajstić information content (AvgIpc) is 2.78. The molecule has 1 unspecified atom stereocenters. The third-order valence-corrected chi connectivity index (χ3v) is 5.79. The lowest BCUT2D eigenvalue weighted by molar-refractivity contribution is -0.147. The van der Waals surface area contributed by atoms with Crippen molar-refractivity contribution >= 4 is 5.97 Å². The molecule has 0 bridgehead atoms. The summed E-state index contributed by atoms with van der Waals surface area (Å²) in [6, 6.07) is 0. The maximum absolute atomic E-state index is 11.4. The molecule has 0 fully saturated rings. The first-order valence-corrected chi connectivity index (χ1v) is 13.3. The summed E-state index contributed by atoms with van der Waals surface area (Å²) < 4.78 is 4.89. The van der Waals surface area contributed by atoms with E-state index in [1.54, 1.807) is 0 Å². The second-order valence-electron chi connectivity index (χ2n) is 8.98. The monoisotopic (exact) mass is 440 g/mol. The molecule has 0 spiro atoms. The molecule has 0 aromatic heterocycles. The molecule has 31 heavy (non-hydrogen) atoms. The Hall–Kier alpha value is -0.870. The Labute approximate surface area is 192 Å². The summed E-state index contributed by atoms with van der Waals surface area (Å²) in [6.07, 6.45) is 28.9. The van der Waals surface area contributed by atoms with Crippen LogP contribution in [0.3, 0.4) is 0 Å². The first-order valence-electron chi connectivity index (χ1n) is 13.3. The molecule has 0 amide bonds. The van der Waals surface area contributed by atoms with Gasteiger partial charge in [0, 0.05) is 6.42 Å². The van der Waals surface area contributed by atoms with Crippen LogP contribution >= 0.6 is 0 Å². The molecule has 4 nitrogen and oxygen atoms in total. The van der Waals surface area contributed by atoms with Crippen molar-refractivity contribution in [2.45, 2.75) is 141 Å². The molecular formula is C27H52O4. The largest absolute Gasteiger partial charge is 0.463 e. The third kappa shape index (κ3) is 25.3. The van der Waals surface area contributed by atoms with Gasteiger partial charge in [0.15, 0.2) is 0 Å². The van der Waals surface area contributed by atoms with Crippen LogP contribution < -0.4 is 0 Å². The maximum atomic E-state index is 11.4. The van der Waals surface area contributed by atoms with Crippen LogP contribution in [0.15, 0.2) is 12.2 Å². The summed E-state index contributed by atoms with van der Waals surface area (Å²) in [5, 5.41) is 17.8. The number of carbonyl (C=O) groups is 1. The first kappa shape index (κ1) is 30.1. The van der Waals surface area contributed by atoms with Crippen molar-refractivity contribution in [3.63, 3.8) is 0 Å². The van der Waals surface area contributed by atoms with Gasteiger partial charge in [-0.3, -0.25) is 4.79 Å². The van der Waals surface area contributed by atoms with Crippen LogP contribution in [0.2, 0.25) is 0 Å². The molecule has 0 aromatic carbocycles. The second-order valence-corrected chi connectivity index (χ2v) is 8.98. The molecule has 4 heteroatoms. The molecular weight excluding hydrogens is 388 g/mol. The lowest BCUT2D eigenvalue weighted by Crippen LogP contribution is -2.21. The molecule has 0 aliphatic heterocycles. The summed E-state index contributed by atoms with van der Waals surface area (Å²) in [6.45, 7) is 1.80. The van der Waals surface area contributed by atoms with Gasteiger partial charge in [-0.2, -0.15) is 0 Å². The van der Waals surface area contributed by atoms with E-state index in [1.165, 1.54) is 109 Å². The van der Waals surface area contributed by atoms with Crippen molar-refractivity contribution in [2.24, 2.45) is 0 Å². The zero-order valence-electron chi connectivity index (χ0n) is 20.5. The molecule has 0 aromatic rings. The smallest absolute Gasteiger partial charge is 0.305 e. The standard InChI is InChI=1S/C27H52O4/c1-2-3-4-5-6-7-8-9-10-11-12-13-14-15-16-17-18-19-20-21-22-23-27(30)31-25-26(29)24-28/h9-10,26,28-29H,2-8,11-25H2,1H3. The van der Waals surface area contributed by atoms with Gasteiger partial charge >= 0.3 is 5.97 Å². The number of aliphatic hydroxyl groups excluding tert-OH is 2. The van der Waals surface area contributed by atoms with Gasteiger partial charge in [0.05, 0.1) is 6.61 Å². The number of carbonyl (C=O) groups excluding carboxylic acids is 1. The first-order chi connectivity index (χ1) is 15.2. The van der Waals surface area contributed by atoms with E-state index >= 15 is 0 Å². The Balaban J connectivity index is 3.17. The highest BCUT2D eigenvalue weighted by molar-refractivity contribution is 5.69. The number of allylic oxidation sites excluding steroid dienone is 2. The lowest BCUT2D eigenvalue weighted by atomic mass is 10.0. The van der Waals surface area contributed by atoms with E-state index in [9.17, 15) is 4.79 Å². The van der Waals surface area contributed by atoms with Gasteiger partial charge < -0.3 is 14.9 Å². The molecule has 0 saturated heterocycles. The minimum absolute atomic E-state index is 0.106. The molecule has 0 aliphatic carbocycles. The molecule has 184 valence electrons. The fourth-order valence-corrected chi connectivity index (χ4v) is 3.71. The number of esters is 1. The second kappa shape index (κ2) is 25.4. The van der Waals surface area contributed by atoms with Gasteiger partial charge in [0.2, 0.25) is 0 Å². The van der Waals surface area contributed by atoms with Crippen molar-refractivity contribution in [3.8, 4) is 0 Å². The van der Waals surface area contributed by atoms with Crippen molar-refractivity contribution in [1.29, 1.82) is 0 Å². The summed E-state index contributed by atoms with van der Waals surface area (Å²) in [4.78, 5) is 11.4. The topological polar surface area (TPSA) is 66.8 Å². The van der Waals surface area contributed by atoms with Gasteiger partial charge in [0.1, 0.15) is 12.7 Å². The van der Waals surface area contributed by atoms with E-state index < -0.39 is 6.10 Å². The van der Waals surface area contributed by atoms with E-state index in [4.69, 9.17) is 14.9 Å². The summed E-state index contributed by atoms with van der Waals surface area (Å²) in [7, 11) is 0. The Morgan fingerprint density at radius 3 is 1.58 bits per heavy atom. The highest BCUT2D eigenvalue weighted by atomic mass is 16.5. The summed E-state index contributed by atoms with van der Waals surface area (Å²) >= 11 is 0. The van der Waals surface area contributed by atoms with E-state index in [0.29, 0.717) is 6.42 Å². The Morgan fingerprint density at radius 1 is 0.710 bits per heavy atom. The van der Waals surface area contributed by atoms with E-state index in [0.717, 1.165) is 12.8 Å². The van der Waals surface area contributed by atoms with Crippen LogP contribution in [0.5, 0.6) is 0 Å². The minimum Gasteiger partial charge on any atom is -0.463 e. The fraction of sp³-hybridized carbons (Fsp3) is 0.889. The zero-order chi connectivity index (χ0) is 22.8. The Kier molecular flexibility index (Phi) is 24.7. The molecule has 2 N–H and O–H groups in total. The van der Waals surface area contributed by atoms with Crippen LogP contribution in [0, 0.1) is 0 Å². The van der Waals surface area contributed by atoms with E-state index in [-0.39, 0.29) is 19.2 Å².